The van der Waals surface area contributed by atoms with Crippen molar-refractivity contribution in [2.75, 3.05) is 31.8 Å². The number of methoxy groups -OCH3 is 2. The van der Waals surface area contributed by atoms with Crippen molar-refractivity contribution in [2.24, 2.45) is 5.92 Å². The Kier molecular flexibility index (Phi) is 8.19. The van der Waals surface area contributed by atoms with Crippen LogP contribution in [0.5, 0.6) is 11.5 Å². The SMILES string of the molecule is COc1ccc(SCC(=O)Nc2ccccc2C(=O)NCC(C)C)cc1OC. The summed E-state index contributed by atoms with van der Waals surface area (Å²) in [5, 5.41) is 5.70. The van der Waals surface area contributed by atoms with Gasteiger partial charge in [-0.05, 0) is 36.2 Å². The monoisotopic (exact) mass is 402 g/mol. The molecule has 28 heavy (non-hydrogen) atoms. The van der Waals surface area contributed by atoms with Crippen molar-refractivity contribution in [1.29, 1.82) is 0 Å². The van der Waals surface area contributed by atoms with Crippen LogP contribution >= 0.6 is 11.8 Å². The standard InChI is InChI=1S/C21H26N2O4S/c1-14(2)12-22-21(25)16-7-5-6-8-17(16)23-20(24)13-28-15-9-10-18(26-3)19(11-15)27-4/h5-11,14H,12-13H2,1-4H3,(H,22,25)(H,23,24). The lowest BCUT2D eigenvalue weighted by molar-refractivity contribution is -0.113. The summed E-state index contributed by atoms with van der Waals surface area (Å²) in [5.74, 6) is 1.42. The summed E-state index contributed by atoms with van der Waals surface area (Å²) in [5.41, 5.74) is 0.953. The second-order valence-corrected chi connectivity index (χ2v) is 7.55. The number of thioether (sulfide) groups is 1. The molecular weight excluding hydrogens is 376 g/mol. The van der Waals surface area contributed by atoms with Crippen LogP contribution in [0.1, 0.15) is 24.2 Å². The molecule has 150 valence electrons. The molecule has 0 aliphatic carbocycles. The Balaban J connectivity index is 1.99. The number of carbonyl (C=O) groups excluding carboxylic acids is 2. The first kappa shape index (κ1) is 21.6. The van der Waals surface area contributed by atoms with Crippen LogP contribution in [-0.2, 0) is 4.79 Å². The number of para-hydroxylation sites is 1. The molecule has 0 aliphatic heterocycles. The summed E-state index contributed by atoms with van der Waals surface area (Å²) >= 11 is 1.38. The third-order valence-corrected chi connectivity index (χ3v) is 4.84. The van der Waals surface area contributed by atoms with Crippen LogP contribution in [-0.4, -0.2) is 38.3 Å². The molecule has 2 aromatic rings. The molecule has 0 spiro atoms. The van der Waals surface area contributed by atoms with Gasteiger partial charge < -0.3 is 20.1 Å². The average molecular weight is 403 g/mol. The van der Waals surface area contributed by atoms with Gasteiger partial charge in [-0.2, -0.15) is 0 Å². The second kappa shape index (κ2) is 10.6. The first-order valence-corrected chi connectivity index (χ1v) is 9.95. The zero-order valence-electron chi connectivity index (χ0n) is 16.6. The van der Waals surface area contributed by atoms with Gasteiger partial charge in [-0.3, -0.25) is 9.59 Å². The highest BCUT2D eigenvalue weighted by Crippen LogP contribution is 2.31. The van der Waals surface area contributed by atoms with Gasteiger partial charge in [-0.1, -0.05) is 26.0 Å². The summed E-state index contributed by atoms with van der Waals surface area (Å²) in [6, 6.07) is 12.5. The molecule has 0 saturated carbocycles. The minimum absolute atomic E-state index is 0.191. The number of hydrogen-bond acceptors (Lipinski definition) is 5. The van der Waals surface area contributed by atoms with Crippen molar-refractivity contribution >= 4 is 29.3 Å². The zero-order chi connectivity index (χ0) is 20.5. The number of hydrogen-bond donors (Lipinski definition) is 2. The second-order valence-electron chi connectivity index (χ2n) is 6.50. The molecule has 0 aliphatic rings. The molecule has 0 saturated heterocycles. The Morgan fingerprint density at radius 3 is 2.43 bits per heavy atom. The molecule has 2 N–H and O–H groups in total. The molecule has 0 atom stereocenters. The van der Waals surface area contributed by atoms with Gasteiger partial charge in [0.1, 0.15) is 0 Å². The van der Waals surface area contributed by atoms with E-state index in [4.69, 9.17) is 9.47 Å². The highest BCUT2D eigenvalue weighted by Gasteiger charge is 2.14. The smallest absolute Gasteiger partial charge is 0.253 e. The van der Waals surface area contributed by atoms with Gasteiger partial charge >= 0.3 is 0 Å². The fourth-order valence-corrected chi connectivity index (χ4v) is 3.15. The highest BCUT2D eigenvalue weighted by molar-refractivity contribution is 8.00. The number of amides is 2. The third-order valence-electron chi connectivity index (χ3n) is 3.84. The van der Waals surface area contributed by atoms with E-state index in [1.165, 1.54) is 11.8 Å². The molecule has 0 radical (unpaired) electrons. The first-order valence-electron chi connectivity index (χ1n) is 8.96. The molecule has 2 aromatic carbocycles. The van der Waals surface area contributed by atoms with Gasteiger partial charge in [0.15, 0.2) is 11.5 Å². The van der Waals surface area contributed by atoms with Gasteiger partial charge in [0.25, 0.3) is 5.91 Å². The van der Waals surface area contributed by atoms with Crippen molar-refractivity contribution < 1.29 is 19.1 Å². The highest BCUT2D eigenvalue weighted by atomic mass is 32.2. The Morgan fingerprint density at radius 2 is 1.75 bits per heavy atom. The van der Waals surface area contributed by atoms with E-state index < -0.39 is 0 Å². The molecule has 0 fully saturated rings. The first-order chi connectivity index (χ1) is 13.4. The molecule has 7 heteroatoms. The van der Waals surface area contributed by atoms with Gasteiger partial charge in [0.05, 0.1) is 31.2 Å². The van der Waals surface area contributed by atoms with Gasteiger partial charge in [-0.25, -0.2) is 0 Å². The average Bonchev–Trinajstić information content (AvgIpc) is 2.70. The fraction of sp³-hybridized carbons (Fsp3) is 0.333. The van der Waals surface area contributed by atoms with Crippen LogP contribution in [0.15, 0.2) is 47.4 Å². The van der Waals surface area contributed by atoms with Crippen molar-refractivity contribution in [1.82, 2.24) is 5.32 Å². The van der Waals surface area contributed by atoms with Crippen LogP contribution in [0.4, 0.5) is 5.69 Å². The maximum Gasteiger partial charge on any atom is 0.253 e. The summed E-state index contributed by atoms with van der Waals surface area (Å²) in [6.45, 7) is 4.63. The van der Waals surface area contributed by atoms with E-state index in [0.717, 1.165) is 4.90 Å². The van der Waals surface area contributed by atoms with E-state index in [-0.39, 0.29) is 17.6 Å². The normalized spacial score (nSPS) is 10.5. The van der Waals surface area contributed by atoms with Crippen molar-refractivity contribution in [2.45, 2.75) is 18.7 Å². The predicted octanol–water partition coefficient (Wildman–Crippen LogP) is 3.82. The summed E-state index contributed by atoms with van der Waals surface area (Å²) in [7, 11) is 3.15. The number of nitrogens with one attached hydrogen (secondary N) is 2. The predicted molar refractivity (Wildman–Crippen MR) is 113 cm³/mol. The van der Waals surface area contributed by atoms with Crippen molar-refractivity contribution in [3.8, 4) is 11.5 Å². The molecular formula is C21H26N2O4S. The molecule has 0 bridgehead atoms. The van der Waals surface area contributed by atoms with E-state index in [0.29, 0.717) is 35.2 Å². The quantitative estimate of drug-likeness (QED) is 0.624. The minimum Gasteiger partial charge on any atom is -0.493 e. The number of benzene rings is 2. The summed E-state index contributed by atoms with van der Waals surface area (Å²) < 4.78 is 10.5. The lowest BCUT2D eigenvalue weighted by Gasteiger charge is -2.13. The molecule has 0 aromatic heterocycles. The zero-order valence-corrected chi connectivity index (χ0v) is 17.4. The van der Waals surface area contributed by atoms with Crippen LogP contribution in [0.25, 0.3) is 0 Å². The van der Waals surface area contributed by atoms with E-state index in [9.17, 15) is 9.59 Å². The minimum atomic E-state index is -0.197. The molecule has 2 rings (SSSR count). The maximum absolute atomic E-state index is 12.4. The van der Waals surface area contributed by atoms with Gasteiger partial charge in [-0.15, -0.1) is 11.8 Å². The van der Waals surface area contributed by atoms with E-state index in [1.807, 2.05) is 26.0 Å². The van der Waals surface area contributed by atoms with Crippen LogP contribution in [0, 0.1) is 5.92 Å². The van der Waals surface area contributed by atoms with Crippen molar-refractivity contribution in [3.63, 3.8) is 0 Å². The number of rotatable bonds is 9. The topological polar surface area (TPSA) is 76.7 Å². The molecule has 6 nitrogen and oxygen atoms in total. The van der Waals surface area contributed by atoms with E-state index >= 15 is 0 Å². The number of ether oxygens (including phenoxy) is 2. The number of anilines is 1. The van der Waals surface area contributed by atoms with Crippen LogP contribution in [0.2, 0.25) is 0 Å². The molecule has 0 heterocycles. The molecule has 2 amide bonds. The van der Waals surface area contributed by atoms with E-state index in [2.05, 4.69) is 10.6 Å². The summed E-state index contributed by atoms with van der Waals surface area (Å²) in [6.07, 6.45) is 0. The number of carbonyl (C=O) groups is 2. The summed E-state index contributed by atoms with van der Waals surface area (Å²) in [4.78, 5) is 25.6. The largest absolute Gasteiger partial charge is 0.493 e. The van der Waals surface area contributed by atoms with Crippen molar-refractivity contribution in [3.05, 3.63) is 48.0 Å². The van der Waals surface area contributed by atoms with Crippen LogP contribution in [0.3, 0.4) is 0 Å². The maximum atomic E-state index is 12.4. The van der Waals surface area contributed by atoms with Gasteiger partial charge in [0, 0.05) is 11.4 Å². The third kappa shape index (κ3) is 6.20. The Morgan fingerprint density at radius 1 is 1.04 bits per heavy atom. The van der Waals surface area contributed by atoms with Gasteiger partial charge in [0.2, 0.25) is 5.91 Å². The lowest BCUT2D eigenvalue weighted by Crippen LogP contribution is -2.28. The Bertz CT molecular complexity index is 824. The Labute approximate surface area is 170 Å². The molecule has 0 unspecified atom stereocenters. The van der Waals surface area contributed by atoms with E-state index in [1.54, 1.807) is 44.6 Å². The lowest BCUT2D eigenvalue weighted by atomic mass is 10.1. The Hall–Kier alpha value is -2.67. The fourth-order valence-electron chi connectivity index (χ4n) is 2.42. The van der Waals surface area contributed by atoms with Crippen LogP contribution < -0.4 is 20.1 Å².